The molecule has 2 atom stereocenters. The zero-order chi connectivity index (χ0) is 29.2. The monoisotopic (exact) mass is 586 g/mol. The van der Waals surface area contributed by atoms with Gasteiger partial charge in [0.05, 0.1) is 40.5 Å². The number of allylic oxidation sites excluding steroid dienone is 1. The molecule has 0 amide bonds. The Morgan fingerprint density at radius 1 is 1.02 bits per heavy atom. The van der Waals surface area contributed by atoms with Crippen LogP contribution in [0, 0.1) is 11.2 Å². The van der Waals surface area contributed by atoms with Crippen molar-refractivity contribution in [3.63, 3.8) is 0 Å². The van der Waals surface area contributed by atoms with Gasteiger partial charge in [-0.1, -0.05) is 11.6 Å². The lowest BCUT2D eigenvalue weighted by Crippen LogP contribution is -2.46. The first-order valence-electron chi connectivity index (χ1n) is 14.4. The van der Waals surface area contributed by atoms with Gasteiger partial charge in [0.15, 0.2) is 10.8 Å². The zero-order valence-electron chi connectivity index (χ0n) is 23.4. The average molecular weight is 587 g/mol. The fourth-order valence-corrected chi connectivity index (χ4v) is 8.04. The quantitative estimate of drug-likeness (QED) is 0.271. The third-order valence-corrected chi connectivity index (χ3v) is 10.9. The number of carbonyl (C=O) groups excluding carboxylic acids is 1. The van der Waals surface area contributed by atoms with Crippen LogP contribution in [0.3, 0.4) is 0 Å². The molecule has 2 saturated carbocycles. The molecule has 11 heteroatoms. The van der Waals surface area contributed by atoms with E-state index in [1.165, 1.54) is 23.1 Å². The molecule has 9 nitrogen and oxygen atoms in total. The van der Waals surface area contributed by atoms with E-state index in [1.807, 2.05) is 26.0 Å². The lowest BCUT2D eigenvalue weighted by molar-refractivity contribution is 0.0796. The van der Waals surface area contributed by atoms with E-state index < -0.39 is 20.5 Å². The molecule has 216 valence electrons. The van der Waals surface area contributed by atoms with Crippen LogP contribution in [0.1, 0.15) is 85.2 Å². The van der Waals surface area contributed by atoms with E-state index in [-0.39, 0.29) is 29.1 Å². The molecule has 0 saturated heterocycles. The lowest BCUT2D eigenvalue weighted by atomic mass is 9.61. The Morgan fingerprint density at radius 3 is 2.48 bits per heavy atom. The second kappa shape index (κ2) is 9.79. The van der Waals surface area contributed by atoms with Gasteiger partial charge < -0.3 is 0 Å². The van der Waals surface area contributed by atoms with Crippen LogP contribution in [0.2, 0.25) is 0 Å². The highest BCUT2D eigenvalue weighted by Gasteiger charge is 2.52. The molecule has 0 bridgehead atoms. The first-order valence-corrected chi connectivity index (χ1v) is 15.9. The fourth-order valence-electron chi connectivity index (χ4n) is 6.37. The number of benzene rings is 1. The first-order chi connectivity index (χ1) is 20.2. The molecule has 0 unspecified atom stereocenters. The molecule has 3 aliphatic rings. The van der Waals surface area contributed by atoms with Gasteiger partial charge in [-0.2, -0.15) is 15.0 Å². The molecule has 3 aliphatic carbocycles. The van der Waals surface area contributed by atoms with Crippen molar-refractivity contribution in [1.82, 2.24) is 29.8 Å². The maximum Gasteiger partial charge on any atom is 0.201 e. The summed E-state index contributed by atoms with van der Waals surface area (Å²) >= 11 is 0. The summed E-state index contributed by atoms with van der Waals surface area (Å²) in [4.78, 5) is 20.5. The molecular weight excluding hydrogens is 555 g/mol. The molecule has 2 fully saturated rings. The van der Waals surface area contributed by atoms with Crippen molar-refractivity contribution in [3.8, 4) is 5.69 Å². The number of ketones is 1. The van der Waals surface area contributed by atoms with E-state index in [1.54, 1.807) is 35.3 Å². The molecule has 0 N–H and O–H groups in total. The van der Waals surface area contributed by atoms with Crippen molar-refractivity contribution in [2.24, 2.45) is 5.41 Å². The predicted octanol–water partition coefficient (Wildman–Crippen LogP) is 5.29. The van der Waals surface area contributed by atoms with E-state index in [0.29, 0.717) is 36.6 Å². The summed E-state index contributed by atoms with van der Waals surface area (Å²) in [6.07, 6.45) is 10.2. The highest BCUT2D eigenvalue weighted by atomic mass is 32.2. The standard InChI is InChI=1S/C31H31FN6O3S/c1-19(2)38-35-18-29(36-38)42(40,41)26-11-6-23-13-28-22(17-34-37(28)25-9-7-24(32)8-10-25)14-31(23,15-26)30(39)27-12-5-21(16-33-27)20-3-4-20/h5,7-10,12-13,16-20,26H,3-4,6,11,14-15H2,1-2H3/t26-,31-/m0/s1. The number of hydrogen-bond donors (Lipinski definition) is 0. The second-order valence-corrected chi connectivity index (χ2v) is 14.1. The molecule has 0 spiro atoms. The minimum Gasteiger partial charge on any atom is -0.291 e. The summed E-state index contributed by atoms with van der Waals surface area (Å²) in [5.41, 5.74) is 3.59. The van der Waals surface area contributed by atoms with Crippen molar-refractivity contribution in [2.75, 3.05) is 0 Å². The van der Waals surface area contributed by atoms with Crippen LogP contribution in [-0.2, 0) is 16.3 Å². The smallest absolute Gasteiger partial charge is 0.201 e. The van der Waals surface area contributed by atoms with Crippen molar-refractivity contribution in [1.29, 1.82) is 0 Å². The van der Waals surface area contributed by atoms with E-state index in [2.05, 4.69) is 20.3 Å². The Morgan fingerprint density at radius 2 is 1.81 bits per heavy atom. The number of pyridine rings is 1. The Balaban J connectivity index is 1.30. The summed E-state index contributed by atoms with van der Waals surface area (Å²) in [6.45, 7) is 3.77. The predicted molar refractivity (Wildman–Crippen MR) is 153 cm³/mol. The van der Waals surface area contributed by atoms with Crippen molar-refractivity contribution >= 4 is 21.7 Å². The van der Waals surface area contributed by atoms with Gasteiger partial charge in [0.25, 0.3) is 0 Å². The van der Waals surface area contributed by atoms with Crippen LogP contribution in [-0.4, -0.2) is 49.2 Å². The van der Waals surface area contributed by atoms with Gasteiger partial charge in [0, 0.05) is 6.20 Å². The van der Waals surface area contributed by atoms with Crippen LogP contribution >= 0.6 is 0 Å². The van der Waals surface area contributed by atoms with Crippen LogP contribution in [0.5, 0.6) is 0 Å². The third-order valence-electron chi connectivity index (χ3n) is 8.87. The molecule has 4 aromatic rings. The van der Waals surface area contributed by atoms with Gasteiger partial charge >= 0.3 is 0 Å². The van der Waals surface area contributed by atoms with E-state index in [9.17, 15) is 17.6 Å². The van der Waals surface area contributed by atoms with Crippen LogP contribution in [0.25, 0.3) is 11.8 Å². The van der Waals surface area contributed by atoms with Gasteiger partial charge in [-0.3, -0.25) is 9.78 Å². The number of rotatable bonds is 7. The minimum atomic E-state index is -3.86. The summed E-state index contributed by atoms with van der Waals surface area (Å²) in [7, 11) is -3.86. The highest BCUT2D eigenvalue weighted by Crippen LogP contribution is 2.52. The summed E-state index contributed by atoms with van der Waals surface area (Å²) in [5, 5.41) is 12.1. The number of aromatic nitrogens is 6. The number of carbonyl (C=O) groups is 1. The van der Waals surface area contributed by atoms with E-state index >= 15 is 0 Å². The van der Waals surface area contributed by atoms with E-state index in [0.717, 1.165) is 35.2 Å². The molecule has 42 heavy (non-hydrogen) atoms. The van der Waals surface area contributed by atoms with Gasteiger partial charge in [0.2, 0.25) is 9.84 Å². The SMILES string of the molecule is CC(C)n1ncc(S(=O)(=O)[C@H]2CCC3=Cc4c(cnn4-c4ccc(F)cc4)C[C@]3(C(=O)c3ccc(C4CC4)cn3)C2)n1. The van der Waals surface area contributed by atoms with E-state index in [4.69, 9.17) is 0 Å². The largest absolute Gasteiger partial charge is 0.291 e. The summed E-state index contributed by atoms with van der Waals surface area (Å²) in [5.74, 6) is -0.00816. The molecule has 3 heterocycles. The Labute approximate surface area is 243 Å². The maximum absolute atomic E-state index is 14.5. The lowest BCUT2D eigenvalue weighted by Gasteiger charge is -2.43. The van der Waals surface area contributed by atoms with Crippen LogP contribution in [0.15, 0.2) is 65.6 Å². The minimum absolute atomic E-state index is 0.0660. The van der Waals surface area contributed by atoms with Gasteiger partial charge in [-0.05, 0) is 106 Å². The maximum atomic E-state index is 14.5. The average Bonchev–Trinajstić information content (AvgIpc) is 3.56. The Kier molecular flexibility index (Phi) is 6.27. The van der Waals surface area contributed by atoms with Crippen LogP contribution < -0.4 is 0 Å². The highest BCUT2D eigenvalue weighted by molar-refractivity contribution is 7.92. The van der Waals surface area contributed by atoms with Gasteiger partial charge in [-0.15, -0.1) is 5.10 Å². The molecule has 0 radical (unpaired) electrons. The fraction of sp³-hybridized carbons (Fsp3) is 0.387. The normalized spacial score (nSPS) is 22.0. The molecule has 1 aromatic carbocycles. The van der Waals surface area contributed by atoms with Gasteiger partial charge in [0.1, 0.15) is 11.5 Å². The molecule has 7 rings (SSSR count). The summed E-state index contributed by atoms with van der Waals surface area (Å²) in [6, 6.07) is 9.76. The topological polar surface area (TPSA) is 113 Å². The number of sulfone groups is 1. The Hall–Kier alpha value is -3.99. The second-order valence-electron chi connectivity index (χ2n) is 12.0. The molecular formula is C31H31FN6O3S. The van der Waals surface area contributed by atoms with Crippen LogP contribution in [0.4, 0.5) is 4.39 Å². The summed E-state index contributed by atoms with van der Waals surface area (Å²) < 4.78 is 43.1. The zero-order valence-corrected chi connectivity index (χ0v) is 24.3. The number of fused-ring (bicyclic) bond motifs is 2. The number of nitrogens with zero attached hydrogens (tertiary/aromatic N) is 6. The Bertz CT molecular complexity index is 1820. The molecule has 0 aliphatic heterocycles. The first kappa shape index (κ1) is 26.9. The van der Waals surface area contributed by atoms with Gasteiger partial charge in [-0.25, -0.2) is 17.5 Å². The van der Waals surface area contributed by atoms with Crippen molar-refractivity contribution in [2.45, 2.75) is 74.6 Å². The van der Waals surface area contributed by atoms with Crippen molar-refractivity contribution in [3.05, 3.63) is 88.9 Å². The number of hydrogen-bond acceptors (Lipinski definition) is 7. The number of Topliss-reactive ketones (excluding diaryl/α,β-unsaturated/α-hetero) is 1. The molecule has 3 aromatic heterocycles. The third kappa shape index (κ3) is 4.41. The van der Waals surface area contributed by atoms with Crippen molar-refractivity contribution < 1.29 is 17.6 Å². The number of halogens is 1.